The van der Waals surface area contributed by atoms with Crippen LogP contribution in [0.15, 0.2) is 24.7 Å². The monoisotopic (exact) mass is 235 g/mol. The number of ether oxygens (including phenoxy) is 1. The van der Waals surface area contributed by atoms with Gasteiger partial charge in [-0.3, -0.25) is 4.98 Å². The Labute approximate surface area is 98.1 Å². The lowest BCUT2D eigenvalue weighted by Crippen LogP contribution is -2.10. The van der Waals surface area contributed by atoms with Crippen LogP contribution in [-0.2, 0) is 0 Å². The van der Waals surface area contributed by atoms with Crippen molar-refractivity contribution in [1.29, 1.82) is 0 Å². The topological polar surface area (TPSA) is 61.0 Å². The fraction of sp³-hybridized carbons (Fsp3) is 0.273. The zero-order valence-electron chi connectivity index (χ0n) is 9.18. The van der Waals surface area contributed by atoms with E-state index in [0.29, 0.717) is 5.75 Å². The minimum absolute atomic E-state index is 0.186. The van der Waals surface area contributed by atoms with Gasteiger partial charge in [-0.1, -0.05) is 0 Å². The molecule has 0 aliphatic heterocycles. The summed E-state index contributed by atoms with van der Waals surface area (Å²) < 4.78 is 5.12. The molecule has 0 amide bonds. The summed E-state index contributed by atoms with van der Waals surface area (Å²) in [6.45, 7) is 1.96. The van der Waals surface area contributed by atoms with Crippen molar-refractivity contribution in [3.05, 3.63) is 40.1 Å². The molecule has 1 unspecified atom stereocenters. The predicted molar refractivity (Wildman–Crippen MR) is 63.7 cm³/mol. The van der Waals surface area contributed by atoms with Crippen molar-refractivity contribution in [1.82, 2.24) is 9.97 Å². The summed E-state index contributed by atoms with van der Waals surface area (Å²) in [5.41, 5.74) is 7.06. The molecule has 0 saturated heterocycles. The molecule has 0 radical (unpaired) electrons. The smallest absolute Gasteiger partial charge is 0.137 e. The third-order valence-corrected chi connectivity index (χ3v) is 3.27. The first-order valence-corrected chi connectivity index (χ1v) is 5.69. The minimum Gasteiger partial charge on any atom is -0.495 e. The number of hydrogen-bond acceptors (Lipinski definition) is 5. The molecule has 2 N–H and O–H groups in total. The van der Waals surface area contributed by atoms with Crippen LogP contribution in [0.4, 0.5) is 0 Å². The second-order valence-corrected chi connectivity index (χ2v) is 4.68. The molecular formula is C11H13N3OS. The van der Waals surface area contributed by atoms with Crippen LogP contribution < -0.4 is 10.5 Å². The van der Waals surface area contributed by atoms with Crippen molar-refractivity contribution in [3.63, 3.8) is 0 Å². The van der Waals surface area contributed by atoms with E-state index in [9.17, 15) is 0 Å². The fourth-order valence-electron chi connectivity index (χ4n) is 1.40. The highest BCUT2D eigenvalue weighted by Crippen LogP contribution is 2.25. The Bertz CT molecular complexity index is 484. The Kier molecular flexibility index (Phi) is 3.17. The van der Waals surface area contributed by atoms with Gasteiger partial charge in [0.2, 0.25) is 0 Å². The SMILES string of the molecule is COc1cncc(C(N)c2cnc(C)s2)c1. The zero-order chi connectivity index (χ0) is 11.5. The van der Waals surface area contributed by atoms with Gasteiger partial charge in [0.25, 0.3) is 0 Å². The van der Waals surface area contributed by atoms with Gasteiger partial charge in [-0.25, -0.2) is 4.98 Å². The van der Waals surface area contributed by atoms with Gasteiger partial charge in [0, 0.05) is 17.3 Å². The normalized spacial score (nSPS) is 12.4. The van der Waals surface area contributed by atoms with E-state index in [1.54, 1.807) is 30.8 Å². The van der Waals surface area contributed by atoms with Crippen LogP contribution >= 0.6 is 11.3 Å². The van der Waals surface area contributed by atoms with Crippen molar-refractivity contribution >= 4 is 11.3 Å². The summed E-state index contributed by atoms with van der Waals surface area (Å²) >= 11 is 1.60. The highest BCUT2D eigenvalue weighted by molar-refractivity contribution is 7.11. The Hall–Kier alpha value is -1.46. The van der Waals surface area contributed by atoms with Crippen LogP contribution in [0.3, 0.4) is 0 Å². The van der Waals surface area contributed by atoms with Gasteiger partial charge in [-0.15, -0.1) is 11.3 Å². The summed E-state index contributed by atoms with van der Waals surface area (Å²) in [7, 11) is 1.61. The number of nitrogens with zero attached hydrogens (tertiary/aromatic N) is 2. The standard InChI is InChI=1S/C11H13N3OS/c1-7-14-6-10(16-7)11(12)8-3-9(15-2)5-13-4-8/h3-6,11H,12H2,1-2H3. The van der Waals surface area contributed by atoms with E-state index < -0.39 is 0 Å². The number of pyridine rings is 1. The van der Waals surface area contributed by atoms with E-state index in [1.807, 2.05) is 19.2 Å². The fourth-order valence-corrected chi connectivity index (χ4v) is 2.22. The molecule has 2 aromatic rings. The number of hydrogen-bond donors (Lipinski definition) is 1. The summed E-state index contributed by atoms with van der Waals surface area (Å²) in [5, 5.41) is 1.02. The maximum absolute atomic E-state index is 6.13. The van der Waals surface area contributed by atoms with Crippen LogP contribution in [0.5, 0.6) is 5.75 Å². The van der Waals surface area contributed by atoms with Crippen molar-refractivity contribution in [2.75, 3.05) is 7.11 Å². The van der Waals surface area contributed by atoms with E-state index in [-0.39, 0.29) is 6.04 Å². The molecule has 16 heavy (non-hydrogen) atoms. The van der Waals surface area contributed by atoms with E-state index in [1.165, 1.54) is 0 Å². The zero-order valence-corrected chi connectivity index (χ0v) is 9.99. The molecule has 0 aliphatic rings. The third kappa shape index (κ3) is 2.20. The Balaban J connectivity index is 2.29. The molecule has 5 heteroatoms. The van der Waals surface area contributed by atoms with Gasteiger partial charge in [-0.2, -0.15) is 0 Å². The van der Waals surface area contributed by atoms with Gasteiger partial charge >= 0.3 is 0 Å². The molecule has 2 aromatic heterocycles. The molecule has 84 valence electrons. The molecular weight excluding hydrogens is 222 g/mol. The Morgan fingerprint density at radius 2 is 2.19 bits per heavy atom. The molecule has 2 heterocycles. The summed E-state index contributed by atoms with van der Waals surface area (Å²) in [6, 6.07) is 1.71. The van der Waals surface area contributed by atoms with Gasteiger partial charge in [0.05, 0.1) is 24.4 Å². The summed E-state index contributed by atoms with van der Waals surface area (Å²) in [5.74, 6) is 0.717. The molecule has 0 fully saturated rings. The molecule has 0 aliphatic carbocycles. The molecule has 0 aromatic carbocycles. The lowest BCUT2D eigenvalue weighted by Gasteiger charge is -2.09. The van der Waals surface area contributed by atoms with Crippen molar-refractivity contribution < 1.29 is 4.74 Å². The van der Waals surface area contributed by atoms with Crippen LogP contribution in [0.1, 0.15) is 21.5 Å². The van der Waals surface area contributed by atoms with Gasteiger partial charge in [0.1, 0.15) is 5.75 Å². The lowest BCUT2D eigenvalue weighted by molar-refractivity contribution is 0.412. The van der Waals surface area contributed by atoms with Crippen LogP contribution in [-0.4, -0.2) is 17.1 Å². The van der Waals surface area contributed by atoms with Crippen molar-refractivity contribution in [2.45, 2.75) is 13.0 Å². The van der Waals surface area contributed by atoms with E-state index in [4.69, 9.17) is 10.5 Å². The Morgan fingerprint density at radius 1 is 1.38 bits per heavy atom. The van der Waals surface area contributed by atoms with Crippen molar-refractivity contribution in [2.24, 2.45) is 5.73 Å². The van der Waals surface area contributed by atoms with Crippen LogP contribution in [0.25, 0.3) is 0 Å². The van der Waals surface area contributed by atoms with Gasteiger partial charge < -0.3 is 10.5 Å². The van der Waals surface area contributed by atoms with E-state index in [0.717, 1.165) is 15.4 Å². The van der Waals surface area contributed by atoms with Gasteiger partial charge in [0.15, 0.2) is 0 Å². The first-order chi connectivity index (χ1) is 7.70. The first kappa shape index (κ1) is 11.0. The summed E-state index contributed by atoms with van der Waals surface area (Å²) in [6.07, 6.45) is 5.22. The quantitative estimate of drug-likeness (QED) is 0.882. The maximum atomic E-state index is 6.13. The number of thiazole rings is 1. The van der Waals surface area contributed by atoms with Crippen LogP contribution in [0.2, 0.25) is 0 Å². The summed E-state index contributed by atoms with van der Waals surface area (Å²) in [4.78, 5) is 9.32. The van der Waals surface area contributed by atoms with E-state index >= 15 is 0 Å². The highest BCUT2D eigenvalue weighted by Gasteiger charge is 2.12. The largest absolute Gasteiger partial charge is 0.495 e. The second kappa shape index (κ2) is 4.59. The van der Waals surface area contributed by atoms with Gasteiger partial charge in [-0.05, 0) is 18.6 Å². The average Bonchev–Trinajstić information content (AvgIpc) is 2.75. The molecule has 2 rings (SSSR count). The lowest BCUT2D eigenvalue weighted by atomic mass is 10.1. The number of nitrogens with two attached hydrogens (primary N) is 1. The number of aryl methyl sites for hydroxylation is 1. The Morgan fingerprint density at radius 3 is 2.81 bits per heavy atom. The minimum atomic E-state index is -0.186. The average molecular weight is 235 g/mol. The number of methoxy groups -OCH3 is 1. The first-order valence-electron chi connectivity index (χ1n) is 4.87. The molecule has 0 spiro atoms. The molecule has 4 nitrogen and oxygen atoms in total. The number of aromatic nitrogens is 2. The highest BCUT2D eigenvalue weighted by atomic mass is 32.1. The molecule has 1 atom stereocenters. The second-order valence-electron chi connectivity index (χ2n) is 3.42. The van der Waals surface area contributed by atoms with Crippen molar-refractivity contribution in [3.8, 4) is 5.75 Å². The predicted octanol–water partition coefficient (Wildman–Crippen LogP) is 1.90. The molecule has 0 saturated carbocycles. The van der Waals surface area contributed by atoms with E-state index in [2.05, 4.69) is 9.97 Å². The van der Waals surface area contributed by atoms with Crippen LogP contribution in [0, 0.1) is 6.92 Å². The molecule has 0 bridgehead atoms. The third-order valence-electron chi connectivity index (χ3n) is 2.27. The number of rotatable bonds is 3. The maximum Gasteiger partial charge on any atom is 0.137 e.